The first kappa shape index (κ1) is 14.9. The van der Waals surface area contributed by atoms with Crippen molar-refractivity contribution in [2.75, 3.05) is 18.0 Å². The maximum absolute atomic E-state index is 12.9. The predicted molar refractivity (Wildman–Crippen MR) is 89.1 cm³/mol. The van der Waals surface area contributed by atoms with Gasteiger partial charge in [0.25, 0.3) is 5.91 Å². The summed E-state index contributed by atoms with van der Waals surface area (Å²) in [5.41, 5.74) is 1.85. The molecule has 0 bridgehead atoms. The minimum Gasteiger partial charge on any atom is -0.291 e. The molecule has 0 radical (unpaired) electrons. The van der Waals surface area contributed by atoms with Gasteiger partial charge in [0.2, 0.25) is 5.91 Å². The number of fused-ring (bicyclic) bond motifs is 1. The highest BCUT2D eigenvalue weighted by Gasteiger charge is 2.46. The monoisotopic (exact) mass is 312 g/mol. The molecule has 0 N–H and O–H groups in total. The van der Waals surface area contributed by atoms with Crippen LogP contribution in [0.2, 0.25) is 0 Å². The lowest BCUT2D eigenvalue weighted by Crippen LogP contribution is -2.41. The van der Waals surface area contributed by atoms with E-state index in [-0.39, 0.29) is 17.9 Å². The van der Waals surface area contributed by atoms with Crippen molar-refractivity contribution in [3.05, 3.63) is 29.8 Å². The number of carbonyl (C=O) groups excluding carboxylic acids is 2. The van der Waals surface area contributed by atoms with Crippen LogP contribution in [-0.2, 0) is 9.59 Å². The van der Waals surface area contributed by atoms with Gasteiger partial charge in [0, 0.05) is 13.1 Å². The van der Waals surface area contributed by atoms with E-state index in [4.69, 9.17) is 0 Å². The van der Waals surface area contributed by atoms with Crippen LogP contribution < -0.4 is 4.90 Å². The van der Waals surface area contributed by atoms with Crippen molar-refractivity contribution in [3.8, 4) is 0 Å². The first-order valence-corrected chi connectivity index (χ1v) is 8.81. The van der Waals surface area contributed by atoms with Gasteiger partial charge < -0.3 is 0 Å². The Morgan fingerprint density at radius 3 is 2.17 bits per heavy atom. The van der Waals surface area contributed by atoms with Crippen molar-refractivity contribution in [1.82, 2.24) is 4.90 Å². The maximum Gasteiger partial charge on any atom is 0.251 e. The van der Waals surface area contributed by atoms with Gasteiger partial charge in [-0.1, -0.05) is 30.5 Å². The third-order valence-corrected chi connectivity index (χ3v) is 5.86. The van der Waals surface area contributed by atoms with Gasteiger partial charge in [-0.2, -0.15) is 0 Å². The zero-order valence-electron chi connectivity index (χ0n) is 13.7. The van der Waals surface area contributed by atoms with E-state index >= 15 is 0 Å². The minimum absolute atomic E-state index is 0.0301. The van der Waals surface area contributed by atoms with E-state index in [9.17, 15) is 9.59 Å². The Bertz CT molecular complexity index is 611. The van der Waals surface area contributed by atoms with E-state index in [1.807, 2.05) is 31.2 Å². The van der Waals surface area contributed by atoms with Gasteiger partial charge in [-0.25, -0.2) is 4.90 Å². The molecule has 1 saturated carbocycles. The van der Waals surface area contributed by atoms with Gasteiger partial charge >= 0.3 is 0 Å². The molecular weight excluding hydrogens is 288 g/mol. The zero-order chi connectivity index (χ0) is 16.0. The average molecular weight is 312 g/mol. The quantitative estimate of drug-likeness (QED) is 0.789. The summed E-state index contributed by atoms with van der Waals surface area (Å²) in [6.45, 7) is 4.00. The van der Waals surface area contributed by atoms with Gasteiger partial charge in [-0.05, 0) is 43.7 Å². The number of carbonyl (C=O) groups is 2. The lowest BCUT2D eigenvalue weighted by Gasteiger charge is -2.23. The van der Waals surface area contributed by atoms with Crippen LogP contribution in [0, 0.1) is 18.8 Å². The summed E-state index contributed by atoms with van der Waals surface area (Å²) >= 11 is 0. The number of imide groups is 1. The first-order chi connectivity index (χ1) is 11.1. The maximum atomic E-state index is 12.9. The number of hydrogen-bond donors (Lipinski definition) is 0. The number of nitrogens with zero attached hydrogens (tertiary/aromatic N) is 2. The topological polar surface area (TPSA) is 40.6 Å². The van der Waals surface area contributed by atoms with Crippen LogP contribution in [0.3, 0.4) is 0 Å². The molecule has 4 rings (SSSR count). The molecule has 0 spiro atoms. The standard InChI is InChI=1S/C19H24N2O2/c1-13-6-8-16(9-7-13)21-18(22)10-17(19(21)23)20-11-14-4-2-3-5-15(14)12-20/h6-9,14-15,17H,2-5,10-12H2,1H3/t14-,15-,17-/m1/s1. The molecule has 0 unspecified atom stereocenters. The molecule has 0 aromatic heterocycles. The summed E-state index contributed by atoms with van der Waals surface area (Å²) in [4.78, 5) is 29.0. The molecule has 23 heavy (non-hydrogen) atoms. The Balaban J connectivity index is 1.52. The molecular formula is C19H24N2O2. The molecule has 2 aliphatic heterocycles. The largest absolute Gasteiger partial charge is 0.291 e. The fourth-order valence-electron chi connectivity index (χ4n) is 4.56. The molecule has 122 valence electrons. The number of hydrogen-bond acceptors (Lipinski definition) is 3. The zero-order valence-corrected chi connectivity index (χ0v) is 13.7. The molecule has 3 aliphatic rings. The number of likely N-dealkylation sites (tertiary alicyclic amines) is 1. The van der Waals surface area contributed by atoms with Crippen molar-refractivity contribution in [1.29, 1.82) is 0 Å². The van der Waals surface area contributed by atoms with E-state index in [1.54, 1.807) is 0 Å². The van der Waals surface area contributed by atoms with E-state index in [1.165, 1.54) is 30.6 Å². The molecule has 1 aromatic rings. The molecule has 1 aromatic carbocycles. The smallest absolute Gasteiger partial charge is 0.251 e. The molecule has 4 heteroatoms. The predicted octanol–water partition coefficient (Wildman–Crippen LogP) is 2.75. The van der Waals surface area contributed by atoms with Crippen molar-refractivity contribution in [3.63, 3.8) is 0 Å². The Morgan fingerprint density at radius 2 is 1.57 bits per heavy atom. The number of anilines is 1. The van der Waals surface area contributed by atoms with E-state index < -0.39 is 0 Å². The highest BCUT2D eigenvalue weighted by molar-refractivity contribution is 6.22. The van der Waals surface area contributed by atoms with Gasteiger partial charge in [0.1, 0.15) is 0 Å². The first-order valence-electron chi connectivity index (χ1n) is 8.81. The second kappa shape index (κ2) is 5.75. The van der Waals surface area contributed by atoms with Crippen molar-refractivity contribution >= 4 is 17.5 Å². The summed E-state index contributed by atoms with van der Waals surface area (Å²) in [5, 5.41) is 0. The summed E-state index contributed by atoms with van der Waals surface area (Å²) in [7, 11) is 0. The van der Waals surface area contributed by atoms with Crippen molar-refractivity contribution in [2.24, 2.45) is 11.8 Å². The van der Waals surface area contributed by atoms with Gasteiger partial charge in [-0.3, -0.25) is 14.5 Å². The van der Waals surface area contributed by atoms with E-state index in [0.717, 1.165) is 30.5 Å². The second-order valence-corrected chi connectivity index (χ2v) is 7.38. The van der Waals surface area contributed by atoms with Gasteiger partial charge in [0.15, 0.2) is 0 Å². The molecule has 1 aliphatic carbocycles. The lowest BCUT2D eigenvalue weighted by atomic mass is 9.82. The van der Waals surface area contributed by atoms with Crippen LogP contribution in [0.15, 0.2) is 24.3 Å². The second-order valence-electron chi connectivity index (χ2n) is 7.38. The van der Waals surface area contributed by atoms with Crippen LogP contribution >= 0.6 is 0 Å². The highest BCUT2D eigenvalue weighted by atomic mass is 16.2. The number of rotatable bonds is 2. The molecule has 3 atom stereocenters. The molecule has 3 fully saturated rings. The molecule has 2 amide bonds. The van der Waals surface area contributed by atoms with Gasteiger partial charge in [-0.15, -0.1) is 0 Å². The minimum atomic E-state index is -0.241. The summed E-state index contributed by atoms with van der Waals surface area (Å²) in [6, 6.07) is 7.41. The normalized spacial score (nSPS) is 31.7. The van der Waals surface area contributed by atoms with Gasteiger partial charge in [0.05, 0.1) is 18.2 Å². The Hall–Kier alpha value is -1.68. The number of benzene rings is 1. The van der Waals surface area contributed by atoms with Crippen LogP contribution in [0.1, 0.15) is 37.7 Å². The fraction of sp³-hybridized carbons (Fsp3) is 0.579. The van der Waals surface area contributed by atoms with E-state index in [2.05, 4.69) is 4.90 Å². The SMILES string of the molecule is Cc1ccc(N2C(=O)C[C@@H](N3C[C@H]4CCCC[C@@H]4C3)C2=O)cc1. The van der Waals surface area contributed by atoms with Crippen LogP contribution in [0.5, 0.6) is 0 Å². The number of amides is 2. The average Bonchev–Trinajstić information content (AvgIpc) is 3.09. The fourth-order valence-corrected chi connectivity index (χ4v) is 4.56. The van der Waals surface area contributed by atoms with Crippen molar-refractivity contribution < 1.29 is 9.59 Å². The van der Waals surface area contributed by atoms with Crippen LogP contribution in [0.25, 0.3) is 0 Å². The lowest BCUT2D eigenvalue weighted by molar-refractivity contribution is -0.122. The third kappa shape index (κ3) is 2.59. The summed E-state index contributed by atoms with van der Waals surface area (Å²) in [5.74, 6) is 1.39. The third-order valence-electron chi connectivity index (χ3n) is 5.86. The van der Waals surface area contributed by atoms with Crippen LogP contribution in [0.4, 0.5) is 5.69 Å². The highest BCUT2D eigenvalue weighted by Crippen LogP contribution is 2.38. The number of aryl methyl sites for hydroxylation is 1. The Labute approximate surface area is 137 Å². The summed E-state index contributed by atoms with van der Waals surface area (Å²) in [6.07, 6.45) is 5.56. The summed E-state index contributed by atoms with van der Waals surface area (Å²) < 4.78 is 0. The van der Waals surface area contributed by atoms with Crippen LogP contribution in [-0.4, -0.2) is 35.8 Å². The van der Waals surface area contributed by atoms with E-state index in [0.29, 0.717) is 12.1 Å². The Morgan fingerprint density at radius 1 is 0.957 bits per heavy atom. The Kier molecular flexibility index (Phi) is 3.72. The molecule has 4 nitrogen and oxygen atoms in total. The van der Waals surface area contributed by atoms with Crippen molar-refractivity contribution in [2.45, 2.75) is 45.1 Å². The molecule has 2 saturated heterocycles. The molecule has 2 heterocycles.